The number of hydrogen-bond donors (Lipinski definition) is 0. The second-order valence-corrected chi connectivity index (χ2v) is 19.3. The van der Waals surface area contributed by atoms with Gasteiger partial charge in [-0.05, 0) is 191 Å². The number of aromatic nitrogens is 2. The Morgan fingerprint density at radius 3 is 0.770 bits per heavy atom. The Labute approximate surface area is 424 Å². The van der Waals surface area contributed by atoms with Crippen LogP contribution in [0.4, 0.5) is 26.3 Å². The summed E-state index contributed by atoms with van der Waals surface area (Å²) >= 11 is 0. The second-order valence-electron chi connectivity index (χ2n) is 19.3. The first kappa shape index (κ1) is 46.5. The smallest absolute Gasteiger partial charge is 0.309 e. The van der Waals surface area contributed by atoms with E-state index in [-0.39, 0.29) is 11.4 Å². The second kappa shape index (κ2) is 17.6. The topological polar surface area (TPSA) is 9.86 Å². The van der Waals surface area contributed by atoms with Crippen LogP contribution in [0.1, 0.15) is 33.4 Å². The number of alkyl halides is 6. The minimum Gasteiger partial charge on any atom is -0.309 e. The summed E-state index contributed by atoms with van der Waals surface area (Å²) in [6.07, 6.45) is -10.0. The Hall–Kier alpha value is -8.62. The highest BCUT2D eigenvalue weighted by molar-refractivity contribution is 6.13. The molecule has 0 bridgehead atoms. The standard InChI is InChI=1S/C66H46F6N2/c1-39-13-5-9-17-49(39)43-21-29-61-55(33-43)56-34-44(50-18-10-6-14-40(50)2)22-30-62(56)73(61)47-25-27-59(65(67,68)69)53(37-47)54-38-48(26-28-60(54)66(70,71)72)74-63-31-23-45(51-19-11-7-15-41(51)3)35-57(63)58-36-46(24-32-64(58)74)52-20-12-8-16-42(52)4/h5-38H,1-4H3. The van der Waals surface area contributed by atoms with Gasteiger partial charge in [-0.1, -0.05) is 121 Å². The molecular weight excluding hydrogens is 935 g/mol. The Kier molecular flexibility index (Phi) is 11.0. The summed E-state index contributed by atoms with van der Waals surface area (Å²) in [5, 5.41) is 3.38. The van der Waals surface area contributed by atoms with Gasteiger partial charge in [0.15, 0.2) is 0 Å². The van der Waals surface area contributed by atoms with E-state index in [1.54, 1.807) is 0 Å². The van der Waals surface area contributed by atoms with E-state index in [1.165, 1.54) is 24.3 Å². The van der Waals surface area contributed by atoms with Crippen LogP contribution in [0, 0.1) is 27.7 Å². The van der Waals surface area contributed by atoms with Crippen molar-refractivity contribution in [2.24, 2.45) is 0 Å². The molecule has 0 radical (unpaired) electrons. The maximum Gasteiger partial charge on any atom is 0.417 e. The number of rotatable bonds is 7. The van der Waals surface area contributed by atoms with Crippen LogP contribution in [0.15, 0.2) is 206 Å². The Morgan fingerprint density at radius 2 is 0.527 bits per heavy atom. The number of nitrogens with zero attached hydrogens (tertiary/aromatic N) is 2. The molecule has 0 aliphatic carbocycles. The Bertz CT molecular complexity index is 3750. The van der Waals surface area contributed by atoms with Crippen LogP contribution in [0.25, 0.3) is 111 Å². The monoisotopic (exact) mass is 980 g/mol. The van der Waals surface area contributed by atoms with Crippen LogP contribution >= 0.6 is 0 Å². The summed E-state index contributed by atoms with van der Waals surface area (Å²) in [5.74, 6) is 0. The quantitative estimate of drug-likeness (QED) is 0.141. The molecule has 362 valence electrons. The van der Waals surface area contributed by atoms with E-state index in [1.807, 2.05) is 182 Å². The number of aryl methyl sites for hydroxylation is 4. The zero-order valence-corrected chi connectivity index (χ0v) is 40.8. The summed E-state index contributed by atoms with van der Waals surface area (Å²) in [7, 11) is 0. The molecule has 74 heavy (non-hydrogen) atoms. The van der Waals surface area contributed by atoms with E-state index in [0.29, 0.717) is 22.1 Å². The van der Waals surface area contributed by atoms with E-state index in [0.717, 1.165) is 100 Å². The lowest BCUT2D eigenvalue weighted by Gasteiger charge is -2.21. The van der Waals surface area contributed by atoms with Gasteiger partial charge >= 0.3 is 12.4 Å². The van der Waals surface area contributed by atoms with Gasteiger partial charge < -0.3 is 9.13 Å². The fourth-order valence-corrected chi connectivity index (χ4v) is 11.1. The molecule has 0 saturated carbocycles. The van der Waals surface area contributed by atoms with Crippen molar-refractivity contribution in [3.05, 3.63) is 240 Å². The zero-order chi connectivity index (χ0) is 51.2. The van der Waals surface area contributed by atoms with Crippen LogP contribution in [0.5, 0.6) is 0 Å². The summed E-state index contributed by atoms with van der Waals surface area (Å²) in [6, 6.07) is 63.4. The first-order valence-corrected chi connectivity index (χ1v) is 24.5. The van der Waals surface area contributed by atoms with Gasteiger partial charge in [0.1, 0.15) is 0 Å². The third-order valence-corrected chi connectivity index (χ3v) is 14.8. The van der Waals surface area contributed by atoms with E-state index < -0.39 is 34.6 Å². The highest BCUT2D eigenvalue weighted by atomic mass is 19.4. The van der Waals surface area contributed by atoms with Crippen LogP contribution in [0.3, 0.4) is 0 Å². The number of benzene rings is 10. The van der Waals surface area contributed by atoms with Crippen LogP contribution in [0.2, 0.25) is 0 Å². The van der Waals surface area contributed by atoms with Crippen LogP contribution < -0.4 is 0 Å². The molecule has 0 amide bonds. The van der Waals surface area contributed by atoms with Gasteiger partial charge in [0.2, 0.25) is 0 Å². The molecule has 0 unspecified atom stereocenters. The summed E-state index contributed by atoms with van der Waals surface area (Å²) in [4.78, 5) is 0. The molecule has 0 aliphatic heterocycles. The molecule has 12 rings (SSSR count). The minimum absolute atomic E-state index is 0.281. The molecule has 0 N–H and O–H groups in total. The highest BCUT2D eigenvalue weighted by Gasteiger charge is 2.39. The molecule has 2 nitrogen and oxygen atoms in total. The van der Waals surface area contributed by atoms with Crippen molar-refractivity contribution in [2.45, 2.75) is 40.0 Å². The highest BCUT2D eigenvalue weighted by Crippen LogP contribution is 2.47. The molecule has 2 heterocycles. The lowest BCUT2D eigenvalue weighted by molar-refractivity contribution is -0.139. The average Bonchev–Trinajstić information content (AvgIpc) is 3.89. The lowest BCUT2D eigenvalue weighted by atomic mass is 9.93. The minimum atomic E-state index is -5.01. The normalized spacial score (nSPS) is 12.2. The zero-order valence-electron chi connectivity index (χ0n) is 40.8. The molecule has 10 aromatic carbocycles. The van der Waals surface area contributed by atoms with Crippen molar-refractivity contribution in [1.29, 1.82) is 0 Å². The van der Waals surface area contributed by atoms with E-state index in [4.69, 9.17) is 0 Å². The van der Waals surface area contributed by atoms with Gasteiger partial charge in [-0.2, -0.15) is 26.3 Å². The number of halogens is 6. The van der Waals surface area contributed by atoms with Crippen molar-refractivity contribution in [3.63, 3.8) is 0 Å². The predicted molar refractivity (Wildman–Crippen MR) is 291 cm³/mol. The summed E-state index contributed by atoms with van der Waals surface area (Å²) in [6.45, 7) is 8.16. The maximum atomic E-state index is 15.5. The Morgan fingerprint density at radius 1 is 0.270 bits per heavy atom. The SMILES string of the molecule is Cc1ccccc1-c1ccc2c(c1)c1cc(-c3ccccc3C)ccc1n2-c1ccc(C(F)(F)F)c(-c2cc(-n3c4ccc(-c5ccccc5C)cc4c4cc(-c5ccccc5C)ccc43)ccc2C(F)(F)F)c1. The van der Waals surface area contributed by atoms with Gasteiger partial charge in [0.25, 0.3) is 0 Å². The first-order chi connectivity index (χ1) is 35.6. The molecule has 0 saturated heterocycles. The van der Waals surface area contributed by atoms with Crippen LogP contribution in [-0.4, -0.2) is 9.13 Å². The molecule has 2 aromatic heterocycles. The first-order valence-electron chi connectivity index (χ1n) is 24.5. The number of hydrogen-bond acceptors (Lipinski definition) is 0. The number of fused-ring (bicyclic) bond motifs is 6. The van der Waals surface area contributed by atoms with E-state index in [2.05, 4.69) is 24.3 Å². The van der Waals surface area contributed by atoms with E-state index in [9.17, 15) is 0 Å². The van der Waals surface area contributed by atoms with Crippen molar-refractivity contribution >= 4 is 43.6 Å². The van der Waals surface area contributed by atoms with Gasteiger partial charge in [0, 0.05) is 32.9 Å². The summed E-state index contributed by atoms with van der Waals surface area (Å²) in [5.41, 5.74) is 12.0. The van der Waals surface area contributed by atoms with Gasteiger partial charge in [-0.15, -0.1) is 0 Å². The van der Waals surface area contributed by atoms with Gasteiger partial charge in [-0.25, -0.2) is 0 Å². The molecule has 0 atom stereocenters. The maximum absolute atomic E-state index is 15.5. The van der Waals surface area contributed by atoms with Gasteiger partial charge in [0.05, 0.1) is 33.2 Å². The predicted octanol–water partition coefficient (Wildman–Crippen LogP) is 19.5. The molecule has 0 spiro atoms. The molecule has 0 fully saturated rings. The fourth-order valence-electron chi connectivity index (χ4n) is 11.1. The van der Waals surface area contributed by atoms with E-state index >= 15 is 26.3 Å². The largest absolute Gasteiger partial charge is 0.417 e. The van der Waals surface area contributed by atoms with Crippen molar-refractivity contribution in [3.8, 4) is 67.0 Å². The van der Waals surface area contributed by atoms with Crippen molar-refractivity contribution in [2.75, 3.05) is 0 Å². The molecular formula is C66H46F6N2. The lowest BCUT2D eigenvalue weighted by Crippen LogP contribution is -2.12. The molecule has 12 aromatic rings. The third-order valence-electron chi connectivity index (χ3n) is 14.8. The third kappa shape index (κ3) is 7.84. The molecule has 8 heteroatoms. The molecule has 0 aliphatic rings. The summed E-state index contributed by atoms with van der Waals surface area (Å²) < 4.78 is 96.9. The fraction of sp³-hybridized carbons (Fsp3) is 0.0909. The van der Waals surface area contributed by atoms with Crippen molar-refractivity contribution in [1.82, 2.24) is 9.13 Å². The van der Waals surface area contributed by atoms with Gasteiger partial charge in [-0.3, -0.25) is 0 Å². The Balaban J connectivity index is 1.11. The van der Waals surface area contributed by atoms with Crippen molar-refractivity contribution < 1.29 is 26.3 Å². The average molecular weight is 981 g/mol. The van der Waals surface area contributed by atoms with Crippen LogP contribution in [-0.2, 0) is 12.4 Å².